The number of nitrogens with one attached hydrogen (secondary N) is 1. The second kappa shape index (κ2) is 6.15. The number of rotatable bonds is 3. The van der Waals surface area contributed by atoms with Crippen LogP contribution in [0.1, 0.15) is 29.8 Å². The third-order valence-electron chi connectivity index (χ3n) is 4.12. The molecule has 11 nitrogen and oxygen atoms in total. The first kappa shape index (κ1) is 17.4. The number of hydrogen-bond donors (Lipinski definition) is 2. The molecule has 0 spiro atoms. The molecule has 1 fully saturated rings. The van der Waals surface area contributed by atoms with Crippen LogP contribution < -0.4 is 16.1 Å². The predicted octanol–water partition coefficient (Wildman–Crippen LogP) is -1.90. The smallest absolute Gasteiger partial charge is 0.348 e. The monoisotopic (exact) mass is 373 g/mol. The van der Waals surface area contributed by atoms with E-state index in [1.165, 1.54) is 7.05 Å². The molecule has 3 rings (SSSR count). The number of imidazole rings is 1. The Morgan fingerprint density at radius 2 is 2.12 bits per heavy atom. The maximum absolute atomic E-state index is 13.8. The first-order chi connectivity index (χ1) is 11.7. The molecular formula is C12H16FN7O4S. The summed E-state index contributed by atoms with van der Waals surface area (Å²) in [6.45, 7) is 0. The maximum Gasteiger partial charge on any atom is 0.352 e. The second-order valence-corrected chi connectivity index (χ2v) is 7.81. The molecule has 2 heterocycles. The van der Waals surface area contributed by atoms with E-state index < -0.39 is 39.1 Å². The second-order valence-electron chi connectivity index (χ2n) is 5.97. The van der Waals surface area contributed by atoms with Crippen LogP contribution in [0.15, 0.2) is 11.1 Å². The lowest BCUT2D eigenvalue weighted by Gasteiger charge is -2.30. The van der Waals surface area contributed by atoms with Crippen molar-refractivity contribution >= 4 is 21.6 Å². The van der Waals surface area contributed by atoms with Crippen LogP contribution in [0, 0.1) is 0 Å². The summed E-state index contributed by atoms with van der Waals surface area (Å²) in [5, 5.41) is 13.9. The first-order valence-electron chi connectivity index (χ1n) is 7.40. The topological polar surface area (TPSA) is 154 Å². The Balaban J connectivity index is 1.83. The van der Waals surface area contributed by atoms with Crippen molar-refractivity contribution in [1.82, 2.24) is 29.7 Å². The Bertz CT molecular complexity index is 985. The number of amides is 1. The fourth-order valence-electron chi connectivity index (χ4n) is 2.88. The van der Waals surface area contributed by atoms with Gasteiger partial charge in [0.1, 0.15) is 12.5 Å². The molecule has 0 aliphatic heterocycles. The molecule has 3 N–H and O–H groups in total. The molecule has 1 amide bonds. The number of nitrogens with zero attached hydrogens (tertiary/aromatic N) is 5. The SMILES string of the molecule is Cn1nnc2c(C(=O)NC3CC(F)CC(S(N)(=O)=O)C3)ncn2c1=O. The lowest BCUT2D eigenvalue weighted by molar-refractivity contribution is 0.0910. The van der Waals surface area contributed by atoms with Gasteiger partial charge in [-0.15, -0.1) is 5.10 Å². The van der Waals surface area contributed by atoms with E-state index in [1.807, 2.05) is 0 Å². The van der Waals surface area contributed by atoms with E-state index in [9.17, 15) is 22.4 Å². The van der Waals surface area contributed by atoms with Crippen LogP contribution in [-0.4, -0.2) is 56.2 Å². The minimum atomic E-state index is -3.90. The van der Waals surface area contributed by atoms with Crippen molar-refractivity contribution in [1.29, 1.82) is 0 Å². The third-order valence-corrected chi connectivity index (χ3v) is 5.43. The van der Waals surface area contributed by atoms with Gasteiger partial charge in [0.2, 0.25) is 10.0 Å². The highest BCUT2D eigenvalue weighted by Crippen LogP contribution is 2.26. The van der Waals surface area contributed by atoms with Gasteiger partial charge in [0.15, 0.2) is 11.3 Å². The van der Waals surface area contributed by atoms with E-state index in [4.69, 9.17) is 5.14 Å². The van der Waals surface area contributed by atoms with Crippen molar-refractivity contribution < 1.29 is 17.6 Å². The zero-order valence-corrected chi connectivity index (χ0v) is 14.0. The Hall–Kier alpha value is -2.41. The van der Waals surface area contributed by atoms with Gasteiger partial charge < -0.3 is 5.32 Å². The molecule has 1 aliphatic carbocycles. The van der Waals surface area contributed by atoms with Gasteiger partial charge in [0.05, 0.1) is 5.25 Å². The van der Waals surface area contributed by atoms with Crippen LogP contribution in [0.4, 0.5) is 4.39 Å². The number of carbonyl (C=O) groups excluding carboxylic acids is 1. The molecule has 0 saturated heterocycles. The van der Waals surface area contributed by atoms with Crippen LogP contribution in [0.5, 0.6) is 0 Å². The Morgan fingerprint density at radius 3 is 2.80 bits per heavy atom. The summed E-state index contributed by atoms with van der Waals surface area (Å²) < 4.78 is 38.8. The third kappa shape index (κ3) is 3.37. The van der Waals surface area contributed by atoms with Crippen LogP contribution in [0.3, 0.4) is 0 Å². The number of halogens is 1. The summed E-state index contributed by atoms with van der Waals surface area (Å²) in [5.74, 6) is -0.697. The minimum absolute atomic E-state index is 0.00419. The lowest BCUT2D eigenvalue weighted by Crippen LogP contribution is -2.46. The molecule has 0 bridgehead atoms. The predicted molar refractivity (Wildman–Crippen MR) is 82.9 cm³/mol. The van der Waals surface area contributed by atoms with E-state index in [2.05, 4.69) is 20.6 Å². The number of sulfonamides is 1. The van der Waals surface area contributed by atoms with Crippen LogP contribution >= 0.6 is 0 Å². The van der Waals surface area contributed by atoms with Gasteiger partial charge in [0.25, 0.3) is 5.91 Å². The summed E-state index contributed by atoms with van der Waals surface area (Å²) in [5.41, 5.74) is -0.734. The molecule has 2 aromatic heterocycles. The van der Waals surface area contributed by atoms with Gasteiger partial charge in [-0.05, 0) is 19.3 Å². The number of aryl methyl sites for hydroxylation is 1. The maximum atomic E-state index is 13.8. The minimum Gasteiger partial charge on any atom is -0.348 e. The zero-order valence-electron chi connectivity index (χ0n) is 13.2. The zero-order chi connectivity index (χ0) is 18.4. The van der Waals surface area contributed by atoms with Gasteiger partial charge in [-0.3, -0.25) is 4.79 Å². The molecule has 25 heavy (non-hydrogen) atoms. The number of carbonyl (C=O) groups is 1. The Morgan fingerprint density at radius 1 is 1.40 bits per heavy atom. The van der Waals surface area contributed by atoms with E-state index in [-0.39, 0.29) is 30.6 Å². The number of aromatic nitrogens is 5. The largest absolute Gasteiger partial charge is 0.352 e. The number of nitrogens with two attached hydrogens (primary N) is 1. The van der Waals surface area contributed by atoms with Crippen molar-refractivity contribution in [3.05, 3.63) is 22.5 Å². The van der Waals surface area contributed by atoms with Crippen molar-refractivity contribution in [2.45, 2.75) is 36.7 Å². The highest BCUT2D eigenvalue weighted by molar-refractivity contribution is 7.89. The molecule has 1 aliphatic rings. The van der Waals surface area contributed by atoms with Crippen molar-refractivity contribution in [2.75, 3.05) is 0 Å². The average molecular weight is 373 g/mol. The number of fused-ring (bicyclic) bond motifs is 1. The van der Waals surface area contributed by atoms with Crippen molar-refractivity contribution in [3.63, 3.8) is 0 Å². The average Bonchev–Trinajstić information content (AvgIpc) is 2.94. The summed E-state index contributed by atoms with van der Waals surface area (Å²) in [6, 6.07) is -0.726. The Labute approximate surface area is 141 Å². The number of primary sulfonamides is 1. The standard InChI is InChI=1S/C12H16FN7O4S/c1-19-12(22)20-5-15-9(10(20)17-18-19)11(21)16-7-2-6(13)3-8(4-7)25(14,23)24/h5-8H,2-4H2,1H3,(H,16,21)(H2,14,23,24). The van der Waals surface area contributed by atoms with Gasteiger partial charge in [-0.1, -0.05) is 5.21 Å². The molecule has 0 aromatic carbocycles. The molecule has 13 heteroatoms. The molecule has 2 aromatic rings. The summed E-state index contributed by atoms with van der Waals surface area (Å²) in [4.78, 5) is 28.1. The van der Waals surface area contributed by atoms with E-state index in [0.29, 0.717) is 0 Å². The molecule has 0 radical (unpaired) electrons. The fraction of sp³-hybridized carbons (Fsp3) is 0.583. The molecular weight excluding hydrogens is 357 g/mol. The first-order valence-corrected chi connectivity index (χ1v) is 9.01. The van der Waals surface area contributed by atoms with Crippen LogP contribution in [-0.2, 0) is 17.1 Å². The summed E-state index contributed by atoms with van der Waals surface area (Å²) >= 11 is 0. The summed E-state index contributed by atoms with van der Waals surface area (Å²) in [7, 11) is -2.51. The van der Waals surface area contributed by atoms with Gasteiger partial charge in [0, 0.05) is 13.1 Å². The quantitative estimate of drug-likeness (QED) is 0.637. The van der Waals surface area contributed by atoms with E-state index in [1.54, 1.807) is 0 Å². The number of hydrogen-bond acceptors (Lipinski definition) is 7. The summed E-state index contributed by atoms with van der Waals surface area (Å²) in [6.07, 6.45) is -0.484. The molecule has 3 atom stereocenters. The van der Waals surface area contributed by atoms with Gasteiger partial charge in [-0.2, -0.15) is 4.68 Å². The van der Waals surface area contributed by atoms with E-state index >= 15 is 0 Å². The van der Waals surface area contributed by atoms with Crippen LogP contribution in [0.25, 0.3) is 5.65 Å². The van der Waals surface area contributed by atoms with Gasteiger partial charge in [-0.25, -0.2) is 32.1 Å². The lowest BCUT2D eigenvalue weighted by atomic mass is 9.93. The number of alkyl halides is 1. The highest BCUT2D eigenvalue weighted by atomic mass is 32.2. The van der Waals surface area contributed by atoms with Gasteiger partial charge >= 0.3 is 5.69 Å². The highest BCUT2D eigenvalue weighted by Gasteiger charge is 2.36. The fourth-order valence-corrected chi connectivity index (χ4v) is 3.86. The molecule has 3 unspecified atom stereocenters. The van der Waals surface area contributed by atoms with Crippen molar-refractivity contribution in [3.8, 4) is 0 Å². The normalized spacial score (nSPS) is 24.4. The molecule has 136 valence electrons. The Kier molecular flexibility index (Phi) is 4.28. The van der Waals surface area contributed by atoms with Crippen molar-refractivity contribution in [2.24, 2.45) is 12.2 Å². The van der Waals surface area contributed by atoms with Crippen LogP contribution in [0.2, 0.25) is 0 Å². The van der Waals surface area contributed by atoms with E-state index in [0.717, 1.165) is 15.4 Å². The molecule has 1 saturated carbocycles.